The summed E-state index contributed by atoms with van der Waals surface area (Å²) in [6.45, 7) is 2.11. The summed E-state index contributed by atoms with van der Waals surface area (Å²) in [7, 11) is 1.69. The first-order chi connectivity index (χ1) is 5.77. The van der Waals surface area contributed by atoms with Gasteiger partial charge in [0.2, 0.25) is 0 Å². The Morgan fingerprint density at radius 1 is 1.42 bits per heavy atom. The number of hydrogen-bond donors (Lipinski definition) is 0. The first kappa shape index (κ1) is 9.59. The fourth-order valence-electron chi connectivity index (χ4n) is 1.18. The van der Waals surface area contributed by atoms with E-state index in [9.17, 15) is 0 Å². The maximum absolute atomic E-state index is 5.12. The molecule has 0 saturated carbocycles. The van der Waals surface area contributed by atoms with Gasteiger partial charge in [-0.15, -0.1) is 0 Å². The van der Waals surface area contributed by atoms with Crippen molar-refractivity contribution in [1.82, 2.24) is 0 Å². The van der Waals surface area contributed by atoms with Gasteiger partial charge in [-0.05, 0) is 36.6 Å². The summed E-state index contributed by atoms with van der Waals surface area (Å²) in [5, 5.41) is 1.01. The van der Waals surface area contributed by atoms with E-state index >= 15 is 0 Å². The zero-order valence-corrected chi connectivity index (χ0v) is 9.02. The van der Waals surface area contributed by atoms with Crippen molar-refractivity contribution in [3.63, 3.8) is 0 Å². The van der Waals surface area contributed by atoms with E-state index in [-0.39, 0.29) is 0 Å². The van der Waals surface area contributed by atoms with E-state index in [1.54, 1.807) is 7.11 Å². The largest absolute Gasteiger partial charge is 0.497 e. The predicted molar refractivity (Wildman–Crippen MR) is 55.2 cm³/mol. The molecule has 0 spiro atoms. The van der Waals surface area contributed by atoms with Crippen molar-refractivity contribution in [2.75, 3.05) is 12.4 Å². The molecule has 1 rings (SSSR count). The number of hydrogen-bond acceptors (Lipinski definition) is 1. The van der Waals surface area contributed by atoms with Crippen molar-refractivity contribution in [2.24, 2.45) is 0 Å². The Kier molecular flexibility index (Phi) is 3.60. The normalized spacial score (nSPS) is 9.92. The van der Waals surface area contributed by atoms with Crippen LogP contribution in [0.3, 0.4) is 0 Å². The molecule has 0 bridgehead atoms. The van der Waals surface area contributed by atoms with E-state index in [0.717, 1.165) is 17.5 Å². The van der Waals surface area contributed by atoms with Crippen molar-refractivity contribution in [3.05, 3.63) is 29.3 Å². The number of aryl methyl sites for hydroxylation is 2. The molecule has 1 aromatic rings. The van der Waals surface area contributed by atoms with Crippen LogP contribution in [0.5, 0.6) is 5.75 Å². The van der Waals surface area contributed by atoms with E-state index < -0.39 is 0 Å². The molecule has 0 saturated heterocycles. The quantitative estimate of drug-likeness (QED) is 0.724. The van der Waals surface area contributed by atoms with Crippen molar-refractivity contribution >= 4 is 15.9 Å². The van der Waals surface area contributed by atoms with Gasteiger partial charge in [-0.2, -0.15) is 0 Å². The van der Waals surface area contributed by atoms with Crippen LogP contribution in [-0.4, -0.2) is 12.4 Å². The molecular formula is C10H13BrO. The average molecular weight is 229 g/mol. The number of alkyl halides is 1. The van der Waals surface area contributed by atoms with Crippen LogP contribution in [0.1, 0.15) is 11.1 Å². The maximum Gasteiger partial charge on any atom is 0.119 e. The van der Waals surface area contributed by atoms with Crippen LogP contribution in [0, 0.1) is 6.92 Å². The van der Waals surface area contributed by atoms with Gasteiger partial charge in [0, 0.05) is 5.33 Å². The molecule has 0 amide bonds. The van der Waals surface area contributed by atoms with Gasteiger partial charge in [0.15, 0.2) is 0 Å². The van der Waals surface area contributed by atoms with E-state index in [0.29, 0.717) is 0 Å². The van der Waals surface area contributed by atoms with Crippen LogP contribution >= 0.6 is 15.9 Å². The lowest BCUT2D eigenvalue weighted by Gasteiger charge is -2.05. The van der Waals surface area contributed by atoms with Gasteiger partial charge < -0.3 is 4.74 Å². The third-order valence-corrected chi connectivity index (χ3v) is 2.31. The van der Waals surface area contributed by atoms with Gasteiger partial charge >= 0.3 is 0 Å². The van der Waals surface area contributed by atoms with Crippen molar-refractivity contribution in [3.8, 4) is 5.75 Å². The van der Waals surface area contributed by atoms with Gasteiger partial charge in [-0.1, -0.05) is 22.0 Å². The first-order valence-electron chi connectivity index (χ1n) is 3.97. The van der Waals surface area contributed by atoms with Crippen molar-refractivity contribution in [2.45, 2.75) is 13.3 Å². The minimum Gasteiger partial charge on any atom is -0.497 e. The number of halogens is 1. The van der Waals surface area contributed by atoms with Gasteiger partial charge in [0.05, 0.1) is 7.11 Å². The highest BCUT2D eigenvalue weighted by Gasteiger charge is 1.98. The summed E-state index contributed by atoms with van der Waals surface area (Å²) in [6, 6.07) is 6.19. The van der Waals surface area contributed by atoms with Crippen LogP contribution in [-0.2, 0) is 6.42 Å². The van der Waals surface area contributed by atoms with E-state index in [2.05, 4.69) is 35.0 Å². The number of methoxy groups -OCH3 is 1. The SMILES string of the molecule is COc1ccc(CCBr)c(C)c1. The van der Waals surface area contributed by atoms with Crippen LogP contribution in [0.25, 0.3) is 0 Å². The van der Waals surface area contributed by atoms with E-state index in [1.165, 1.54) is 11.1 Å². The molecule has 1 aromatic carbocycles. The fraction of sp³-hybridized carbons (Fsp3) is 0.400. The third kappa shape index (κ3) is 2.24. The highest BCUT2D eigenvalue weighted by molar-refractivity contribution is 9.09. The molecule has 0 N–H and O–H groups in total. The third-order valence-electron chi connectivity index (χ3n) is 1.91. The monoisotopic (exact) mass is 228 g/mol. The Balaban J connectivity index is 2.87. The number of benzene rings is 1. The predicted octanol–water partition coefficient (Wildman–Crippen LogP) is 2.94. The highest BCUT2D eigenvalue weighted by atomic mass is 79.9. The van der Waals surface area contributed by atoms with Crippen LogP contribution in [0.4, 0.5) is 0 Å². The van der Waals surface area contributed by atoms with Gasteiger partial charge in [-0.3, -0.25) is 0 Å². The van der Waals surface area contributed by atoms with Gasteiger partial charge in [0.25, 0.3) is 0 Å². The Morgan fingerprint density at radius 2 is 2.17 bits per heavy atom. The molecule has 0 aliphatic carbocycles. The zero-order valence-electron chi connectivity index (χ0n) is 7.43. The summed E-state index contributed by atoms with van der Waals surface area (Å²) in [6.07, 6.45) is 1.08. The molecular weight excluding hydrogens is 216 g/mol. The summed E-state index contributed by atoms with van der Waals surface area (Å²) < 4.78 is 5.12. The molecule has 2 heteroatoms. The number of ether oxygens (including phenoxy) is 1. The molecule has 66 valence electrons. The molecule has 0 aromatic heterocycles. The molecule has 0 aliphatic heterocycles. The Hall–Kier alpha value is -0.500. The van der Waals surface area contributed by atoms with Crippen LogP contribution in [0.15, 0.2) is 18.2 Å². The lowest BCUT2D eigenvalue weighted by Crippen LogP contribution is -1.91. The second kappa shape index (κ2) is 4.51. The molecule has 0 atom stereocenters. The Labute approximate surface area is 81.9 Å². The molecule has 0 unspecified atom stereocenters. The minimum absolute atomic E-state index is 0.936. The van der Waals surface area contributed by atoms with Crippen LogP contribution in [0.2, 0.25) is 0 Å². The summed E-state index contributed by atoms with van der Waals surface area (Å²) in [4.78, 5) is 0. The standard InChI is InChI=1S/C10H13BrO/c1-8-7-10(12-2)4-3-9(8)5-6-11/h3-4,7H,5-6H2,1-2H3. The second-order valence-corrected chi connectivity index (χ2v) is 3.52. The minimum atomic E-state index is 0.936. The average Bonchev–Trinajstić information content (AvgIpc) is 2.09. The van der Waals surface area contributed by atoms with Gasteiger partial charge in [-0.25, -0.2) is 0 Å². The molecule has 0 fully saturated rings. The summed E-state index contributed by atoms with van der Waals surface area (Å²) >= 11 is 3.42. The highest BCUT2D eigenvalue weighted by Crippen LogP contribution is 2.17. The molecule has 0 radical (unpaired) electrons. The topological polar surface area (TPSA) is 9.23 Å². The maximum atomic E-state index is 5.12. The lowest BCUT2D eigenvalue weighted by atomic mass is 10.1. The second-order valence-electron chi connectivity index (χ2n) is 2.73. The van der Waals surface area contributed by atoms with Crippen molar-refractivity contribution < 1.29 is 4.74 Å². The van der Waals surface area contributed by atoms with E-state index in [1.807, 2.05) is 6.07 Å². The van der Waals surface area contributed by atoms with Gasteiger partial charge in [0.1, 0.15) is 5.75 Å². The molecule has 1 nitrogen and oxygen atoms in total. The van der Waals surface area contributed by atoms with Crippen molar-refractivity contribution in [1.29, 1.82) is 0 Å². The number of rotatable bonds is 3. The lowest BCUT2D eigenvalue weighted by molar-refractivity contribution is 0.414. The smallest absolute Gasteiger partial charge is 0.119 e. The molecule has 0 heterocycles. The summed E-state index contributed by atoms with van der Waals surface area (Å²) in [5.41, 5.74) is 2.68. The Bertz CT molecular complexity index is 258. The van der Waals surface area contributed by atoms with E-state index in [4.69, 9.17) is 4.74 Å². The fourth-order valence-corrected chi connectivity index (χ4v) is 1.60. The molecule has 0 aliphatic rings. The summed E-state index contributed by atoms with van der Waals surface area (Å²) in [5.74, 6) is 0.936. The molecule has 12 heavy (non-hydrogen) atoms. The Morgan fingerprint density at radius 3 is 2.67 bits per heavy atom. The zero-order chi connectivity index (χ0) is 8.97. The first-order valence-corrected chi connectivity index (χ1v) is 5.09. The van der Waals surface area contributed by atoms with Crippen LogP contribution < -0.4 is 4.74 Å².